The normalized spacial score (nSPS) is 16.5. The zero-order valence-corrected chi connectivity index (χ0v) is 13.0. The SMILES string of the molecule is CCOC(=O)C1=C(OCC)n2ncnc2NC1c1ccccc1. The van der Waals surface area contributed by atoms with Gasteiger partial charge in [-0.2, -0.15) is 14.8 Å². The Hall–Kier alpha value is -2.83. The van der Waals surface area contributed by atoms with Crippen molar-refractivity contribution in [1.29, 1.82) is 0 Å². The van der Waals surface area contributed by atoms with Crippen LogP contribution in [0.25, 0.3) is 5.88 Å². The van der Waals surface area contributed by atoms with Crippen LogP contribution < -0.4 is 5.32 Å². The minimum absolute atomic E-state index is 0.285. The van der Waals surface area contributed by atoms with E-state index >= 15 is 0 Å². The van der Waals surface area contributed by atoms with Gasteiger partial charge in [-0.25, -0.2) is 4.79 Å². The molecule has 0 fully saturated rings. The fraction of sp³-hybridized carbons (Fsp3) is 0.312. The zero-order chi connectivity index (χ0) is 16.2. The number of fused-ring (bicyclic) bond motifs is 1. The number of benzene rings is 1. The van der Waals surface area contributed by atoms with E-state index in [-0.39, 0.29) is 6.61 Å². The molecule has 1 atom stereocenters. The van der Waals surface area contributed by atoms with Crippen molar-refractivity contribution in [2.24, 2.45) is 0 Å². The van der Waals surface area contributed by atoms with Gasteiger partial charge in [0.2, 0.25) is 11.8 Å². The summed E-state index contributed by atoms with van der Waals surface area (Å²) in [6.07, 6.45) is 1.41. The number of ether oxygens (including phenoxy) is 2. The van der Waals surface area contributed by atoms with E-state index in [0.717, 1.165) is 5.56 Å². The highest BCUT2D eigenvalue weighted by Crippen LogP contribution is 2.35. The lowest BCUT2D eigenvalue weighted by molar-refractivity contribution is -0.138. The molecule has 0 radical (unpaired) electrons. The summed E-state index contributed by atoms with van der Waals surface area (Å²) in [6.45, 7) is 4.31. The number of carbonyl (C=O) groups is 1. The van der Waals surface area contributed by atoms with E-state index in [4.69, 9.17) is 9.47 Å². The Balaban J connectivity index is 2.15. The van der Waals surface area contributed by atoms with Crippen LogP contribution in [0.1, 0.15) is 25.5 Å². The molecule has 0 aliphatic carbocycles. The lowest BCUT2D eigenvalue weighted by Crippen LogP contribution is -2.30. The van der Waals surface area contributed by atoms with Crippen molar-refractivity contribution in [2.75, 3.05) is 18.5 Å². The summed E-state index contributed by atoms with van der Waals surface area (Å²) in [4.78, 5) is 16.7. The molecular formula is C16H18N4O3. The molecule has 1 aromatic carbocycles. The van der Waals surface area contributed by atoms with Crippen molar-refractivity contribution in [3.63, 3.8) is 0 Å². The third-order valence-corrected chi connectivity index (χ3v) is 3.44. The molecule has 1 N–H and O–H groups in total. The molecule has 0 bridgehead atoms. The van der Waals surface area contributed by atoms with Gasteiger partial charge in [-0.15, -0.1) is 0 Å². The summed E-state index contributed by atoms with van der Waals surface area (Å²) in [5.74, 6) is 0.444. The van der Waals surface area contributed by atoms with Gasteiger partial charge in [0, 0.05) is 0 Å². The molecule has 2 heterocycles. The number of nitrogens with one attached hydrogen (secondary N) is 1. The zero-order valence-electron chi connectivity index (χ0n) is 13.0. The predicted molar refractivity (Wildman–Crippen MR) is 84.3 cm³/mol. The van der Waals surface area contributed by atoms with Gasteiger partial charge in [0.15, 0.2) is 0 Å². The maximum absolute atomic E-state index is 12.5. The number of carbonyl (C=O) groups excluding carboxylic acids is 1. The Labute approximate surface area is 133 Å². The summed E-state index contributed by atoms with van der Waals surface area (Å²) in [5.41, 5.74) is 1.31. The van der Waals surface area contributed by atoms with Gasteiger partial charge in [-0.3, -0.25) is 0 Å². The van der Waals surface area contributed by atoms with E-state index in [9.17, 15) is 4.79 Å². The average Bonchev–Trinajstić information content (AvgIpc) is 3.04. The van der Waals surface area contributed by atoms with Crippen molar-refractivity contribution in [3.05, 3.63) is 47.8 Å². The molecule has 0 saturated heterocycles. The number of hydrogen-bond acceptors (Lipinski definition) is 6. The fourth-order valence-electron chi connectivity index (χ4n) is 2.51. The van der Waals surface area contributed by atoms with Crippen LogP contribution in [0.2, 0.25) is 0 Å². The highest BCUT2D eigenvalue weighted by Gasteiger charge is 2.35. The van der Waals surface area contributed by atoms with E-state index in [0.29, 0.717) is 24.0 Å². The van der Waals surface area contributed by atoms with Gasteiger partial charge in [0.25, 0.3) is 0 Å². The lowest BCUT2D eigenvalue weighted by atomic mass is 9.98. The smallest absolute Gasteiger partial charge is 0.341 e. The molecule has 1 aliphatic rings. The minimum atomic E-state index is -0.432. The predicted octanol–water partition coefficient (Wildman–Crippen LogP) is 2.21. The number of aromatic nitrogens is 3. The van der Waals surface area contributed by atoms with Crippen LogP contribution in [0.5, 0.6) is 0 Å². The minimum Gasteiger partial charge on any atom is -0.477 e. The molecular weight excluding hydrogens is 296 g/mol. The number of rotatable bonds is 5. The molecule has 2 aromatic rings. The van der Waals surface area contributed by atoms with E-state index in [1.807, 2.05) is 37.3 Å². The second kappa shape index (κ2) is 6.51. The Kier molecular flexibility index (Phi) is 4.27. The third-order valence-electron chi connectivity index (χ3n) is 3.44. The van der Waals surface area contributed by atoms with Crippen LogP contribution in [-0.4, -0.2) is 33.9 Å². The van der Waals surface area contributed by atoms with Crippen LogP contribution in [0.4, 0.5) is 5.95 Å². The van der Waals surface area contributed by atoms with Gasteiger partial charge in [0.1, 0.15) is 11.9 Å². The van der Waals surface area contributed by atoms with Crippen LogP contribution in [0.15, 0.2) is 42.2 Å². The van der Waals surface area contributed by atoms with Crippen molar-refractivity contribution >= 4 is 17.8 Å². The van der Waals surface area contributed by atoms with E-state index in [2.05, 4.69) is 15.4 Å². The molecule has 0 amide bonds. The topological polar surface area (TPSA) is 78.3 Å². The molecule has 1 aliphatic heterocycles. The van der Waals surface area contributed by atoms with Crippen LogP contribution >= 0.6 is 0 Å². The Bertz CT molecular complexity index is 724. The van der Waals surface area contributed by atoms with Gasteiger partial charge < -0.3 is 14.8 Å². The van der Waals surface area contributed by atoms with E-state index < -0.39 is 12.0 Å². The Morgan fingerprint density at radius 2 is 2.04 bits per heavy atom. The first-order chi connectivity index (χ1) is 11.3. The van der Waals surface area contributed by atoms with Crippen molar-refractivity contribution in [1.82, 2.24) is 14.8 Å². The van der Waals surface area contributed by atoms with Crippen LogP contribution in [0, 0.1) is 0 Å². The quantitative estimate of drug-likeness (QED) is 0.853. The highest BCUT2D eigenvalue weighted by atomic mass is 16.5. The first-order valence-corrected chi connectivity index (χ1v) is 7.52. The standard InChI is InChI=1S/C16H18N4O3/c1-3-22-14-12(15(21)23-4-2)13(11-8-6-5-7-9-11)19-16-17-10-18-20(14)16/h5-10,13H,3-4H2,1-2H3,(H,17,18,19). The number of esters is 1. The molecule has 3 rings (SSSR count). The molecule has 1 unspecified atom stereocenters. The molecule has 120 valence electrons. The fourth-order valence-corrected chi connectivity index (χ4v) is 2.51. The van der Waals surface area contributed by atoms with Crippen molar-refractivity contribution in [3.8, 4) is 0 Å². The third kappa shape index (κ3) is 2.77. The van der Waals surface area contributed by atoms with Crippen LogP contribution in [-0.2, 0) is 14.3 Å². The molecule has 0 saturated carbocycles. The van der Waals surface area contributed by atoms with Crippen molar-refractivity contribution < 1.29 is 14.3 Å². The summed E-state index contributed by atoms with van der Waals surface area (Å²) in [6, 6.07) is 9.22. The largest absolute Gasteiger partial charge is 0.477 e. The molecule has 7 heteroatoms. The van der Waals surface area contributed by atoms with E-state index in [1.54, 1.807) is 6.92 Å². The van der Waals surface area contributed by atoms with Crippen LogP contribution in [0.3, 0.4) is 0 Å². The first-order valence-electron chi connectivity index (χ1n) is 7.52. The number of hydrogen-bond donors (Lipinski definition) is 1. The Morgan fingerprint density at radius 1 is 1.26 bits per heavy atom. The number of anilines is 1. The summed E-state index contributed by atoms with van der Waals surface area (Å²) >= 11 is 0. The van der Waals surface area contributed by atoms with Gasteiger partial charge in [0.05, 0.1) is 19.3 Å². The second-order valence-corrected chi connectivity index (χ2v) is 4.86. The average molecular weight is 314 g/mol. The highest BCUT2D eigenvalue weighted by molar-refractivity contribution is 5.96. The number of nitrogens with zero attached hydrogens (tertiary/aromatic N) is 3. The maximum Gasteiger partial charge on any atom is 0.341 e. The first kappa shape index (κ1) is 15.1. The van der Waals surface area contributed by atoms with Crippen molar-refractivity contribution in [2.45, 2.75) is 19.9 Å². The monoisotopic (exact) mass is 314 g/mol. The Morgan fingerprint density at radius 3 is 2.74 bits per heavy atom. The van der Waals surface area contributed by atoms with E-state index in [1.165, 1.54) is 11.0 Å². The summed E-state index contributed by atoms with van der Waals surface area (Å²) in [7, 11) is 0. The second-order valence-electron chi connectivity index (χ2n) is 4.86. The van der Waals surface area contributed by atoms with Gasteiger partial charge >= 0.3 is 5.97 Å². The lowest BCUT2D eigenvalue weighted by Gasteiger charge is -2.28. The molecule has 7 nitrogen and oxygen atoms in total. The maximum atomic E-state index is 12.5. The van der Waals surface area contributed by atoms with Gasteiger partial charge in [-0.05, 0) is 19.4 Å². The molecule has 23 heavy (non-hydrogen) atoms. The molecule has 0 spiro atoms. The summed E-state index contributed by atoms with van der Waals surface area (Å²) < 4.78 is 12.4. The summed E-state index contributed by atoms with van der Waals surface area (Å²) in [5, 5.41) is 7.35. The van der Waals surface area contributed by atoms with Gasteiger partial charge in [-0.1, -0.05) is 30.3 Å². The molecule has 1 aromatic heterocycles.